The molecule has 0 aromatic heterocycles. The van der Waals surface area contributed by atoms with Crippen molar-refractivity contribution in [3.05, 3.63) is 53.6 Å². The Morgan fingerprint density at radius 3 is 2.23 bits per heavy atom. The fraction of sp³-hybridized carbons (Fsp3) is 0.381. The van der Waals surface area contributed by atoms with Crippen LogP contribution in [0.4, 0.5) is 5.69 Å². The maximum absolute atomic E-state index is 5.61. The average Bonchev–Trinajstić information content (AvgIpc) is 3.12. The van der Waals surface area contributed by atoms with Gasteiger partial charge in [0.1, 0.15) is 0 Å². The Hall–Kier alpha value is -2.27. The van der Waals surface area contributed by atoms with Gasteiger partial charge in [-0.15, -0.1) is 0 Å². The second-order valence-corrected chi connectivity index (χ2v) is 7.21. The van der Waals surface area contributed by atoms with Crippen molar-refractivity contribution < 1.29 is 9.47 Å². The summed E-state index contributed by atoms with van der Waals surface area (Å²) < 4.78 is 10.9. The molecule has 26 heavy (non-hydrogen) atoms. The third-order valence-electron chi connectivity index (χ3n) is 5.06. The molecule has 0 amide bonds. The maximum atomic E-state index is 5.61. The van der Waals surface area contributed by atoms with E-state index in [1.54, 1.807) is 14.2 Å². The van der Waals surface area contributed by atoms with Crippen molar-refractivity contribution in [1.29, 1.82) is 0 Å². The van der Waals surface area contributed by atoms with Crippen LogP contribution in [0, 0.1) is 6.92 Å². The Kier molecular flexibility index (Phi) is 5.67. The lowest BCUT2D eigenvalue weighted by Gasteiger charge is -2.33. The molecule has 4 nitrogen and oxygen atoms in total. The normalized spacial score (nSPS) is 15.3. The summed E-state index contributed by atoms with van der Waals surface area (Å²) in [7, 11) is 3.32. The van der Waals surface area contributed by atoms with Gasteiger partial charge in [0.25, 0.3) is 0 Å². The van der Waals surface area contributed by atoms with Crippen molar-refractivity contribution in [2.75, 3.05) is 19.5 Å². The lowest BCUT2D eigenvalue weighted by Crippen LogP contribution is -2.45. The van der Waals surface area contributed by atoms with Gasteiger partial charge in [-0.2, -0.15) is 0 Å². The zero-order valence-corrected chi connectivity index (χ0v) is 16.4. The first-order chi connectivity index (χ1) is 12.6. The van der Waals surface area contributed by atoms with E-state index in [-0.39, 0.29) is 5.54 Å². The van der Waals surface area contributed by atoms with Crippen LogP contribution in [0.2, 0.25) is 0 Å². The molecule has 0 atom stereocenters. The summed E-state index contributed by atoms with van der Waals surface area (Å²) in [6, 6.07) is 14.4. The average molecular weight is 371 g/mol. The van der Waals surface area contributed by atoms with Crippen LogP contribution in [0.15, 0.2) is 42.5 Å². The molecule has 0 bridgehead atoms. The Morgan fingerprint density at radius 2 is 1.62 bits per heavy atom. The van der Waals surface area contributed by atoms with Gasteiger partial charge in [-0.25, -0.2) is 0 Å². The highest BCUT2D eigenvalue weighted by molar-refractivity contribution is 7.80. The van der Waals surface area contributed by atoms with Gasteiger partial charge >= 0.3 is 0 Å². The summed E-state index contributed by atoms with van der Waals surface area (Å²) in [5.74, 6) is 1.49. The second-order valence-electron chi connectivity index (χ2n) is 6.80. The van der Waals surface area contributed by atoms with Crippen LogP contribution < -0.4 is 20.1 Å². The summed E-state index contributed by atoms with van der Waals surface area (Å²) in [5.41, 5.74) is 3.23. The number of methoxy groups -OCH3 is 2. The Bertz CT molecular complexity index is 768. The monoisotopic (exact) mass is 370 g/mol. The van der Waals surface area contributed by atoms with E-state index >= 15 is 0 Å². The standard InChI is InChI=1S/C21H26N2O2S/c1-15-6-9-17(10-7-15)22-20(26)23-21(12-4-5-13-21)16-8-11-18(24-2)19(14-16)25-3/h6-11,14H,4-5,12-13H2,1-3H3,(H2,22,23,26). The molecule has 3 rings (SSSR count). The van der Waals surface area contributed by atoms with E-state index < -0.39 is 0 Å². The van der Waals surface area contributed by atoms with Crippen LogP contribution in [-0.4, -0.2) is 19.3 Å². The van der Waals surface area contributed by atoms with Crippen molar-refractivity contribution >= 4 is 23.0 Å². The predicted molar refractivity (Wildman–Crippen MR) is 110 cm³/mol. The fourth-order valence-electron chi connectivity index (χ4n) is 3.61. The Balaban J connectivity index is 1.81. The smallest absolute Gasteiger partial charge is 0.171 e. The largest absolute Gasteiger partial charge is 0.493 e. The van der Waals surface area contributed by atoms with Crippen LogP contribution in [0.25, 0.3) is 0 Å². The third-order valence-corrected chi connectivity index (χ3v) is 5.26. The first-order valence-corrected chi connectivity index (χ1v) is 9.35. The quantitative estimate of drug-likeness (QED) is 0.742. The second kappa shape index (κ2) is 7.96. The molecule has 138 valence electrons. The first-order valence-electron chi connectivity index (χ1n) is 8.95. The van der Waals surface area contributed by atoms with Crippen molar-refractivity contribution in [1.82, 2.24) is 5.32 Å². The molecule has 0 radical (unpaired) electrons. The molecule has 2 N–H and O–H groups in total. The molecule has 0 heterocycles. The summed E-state index contributed by atoms with van der Waals surface area (Å²) in [6.45, 7) is 2.07. The van der Waals surface area contributed by atoms with Gasteiger partial charge in [0.05, 0.1) is 19.8 Å². The fourth-order valence-corrected chi connectivity index (χ4v) is 3.93. The molecule has 0 unspecified atom stereocenters. The van der Waals surface area contributed by atoms with E-state index in [1.807, 2.05) is 18.2 Å². The number of nitrogens with one attached hydrogen (secondary N) is 2. The van der Waals surface area contributed by atoms with E-state index in [2.05, 4.69) is 41.8 Å². The lowest BCUT2D eigenvalue weighted by molar-refractivity contribution is 0.350. The maximum Gasteiger partial charge on any atom is 0.171 e. The van der Waals surface area contributed by atoms with Gasteiger partial charge in [0.15, 0.2) is 16.6 Å². The van der Waals surface area contributed by atoms with E-state index in [0.29, 0.717) is 5.11 Å². The molecule has 2 aromatic rings. The minimum atomic E-state index is -0.172. The highest BCUT2D eigenvalue weighted by atomic mass is 32.1. The lowest BCUT2D eigenvalue weighted by atomic mass is 9.88. The van der Waals surface area contributed by atoms with Crippen LogP contribution in [0.1, 0.15) is 36.8 Å². The number of benzene rings is 2. The minimum Gasteiger partial charge on any atom is -0.493 e. The van der Waals surface area contributed by atoms with Gasteiger partial charge in [-0.3, -0.25) is 0 Å². The van der Waals surface area contributed by atoms with Gasteiger partial charge in [0.2, 0.25) is 0 Å². The Morgan fingerprint density at radius 1 is 0.962 bits per heavy atom. The van der Waals surface area contributed by atoms with Crippen LogP contribution in [0.3, 0.4) is 0 Å². The number of hydrogen-bond donors (Lipinski definition) is 2. The number of rotatable bonds is 5. The highest BCUT2D eigenvalue weighted by Crippen LogP contribution is 2.41. The number of thiocarbonyl (C=S) groups is 1. The topological polar surface area (TPSA) is 42.5 Å². The van der Waals surface area contributed by atoms with Crippen LogP contribution in [0.5, 0.6) is 11.5 Å². The molecule has 0 aliphatic heterocycles. The molecule has 1 fully saturated rings. The van der Waals surface area contributed by atoms with Crippen LogP contribution in [-0.2, 0) is 5.54 Å². The highest BCUT2D eigenvalue weighted by Gasteiger charge is 2.36. The molecular weight excluding hydrogens is 344 g/mol. The number of hydrogen-bond acceptors (Lipinski definition) is 3. The molecule has 1 aliphatic rings. The predicted octanol–water partition coefficient (Wildman–Crippen LogP) is 4.77. The van der Waals surface area contributed by atoms with Crippen molar-refractivity contribution in [2.45, 2.75) is 38.1 Å². The summed E-state index contributed by atoms with van der Waals surface area (Å²) in [5, 5.41) is 7.53. The van der Waals surface area contributed by atoms with Crippen molar-refractivity contribution in [2.24, 2.45) is 0 Å². The summed E-state index contributed by atoms with van der Waals surface area (Å²) in [6.07, 6.45) is 4.43. The summed E-state index contributed by atoms with van der Waals surface area (Å²) >= 11 is 5.61. The van der Waals surface area contributed by atoms with E-state index in [0.717, 1.165) is 30.0 Å². The van der Waals surface area contributed by atoms with Gasteiger partial charge < -0.3 is 20.1 Å². The van der Waals surface area contributed by atoms with E-state index in [1.165, 1.54) is 24.0 Å². The molecular formula is C21H26N2O2S. The molecule has 1 saturated carbocycles. The first kappa shape index (κ1) is 18.5. The number of anilines is 1. The van der Waals surface area contributed by atoms with Crippen LogP contribution >= 0.6 is 12.2 Å². The SMILES string of the molecule is COc1ccc(C2(NC(=S)Nc3ccc(C)cc3)CCCC2)cc1OC. The van der Waals surface area contributed by atoms with Crippen molar-refractivity contribution in [3.63, 3.8) is 0 Å². The minimum absolute atomic E-state index is 0.172. The molecule has 1 aliphatic carbocycles. The Labute approximate surface area is 160 Å². The summed E-state index contributed by atoms with van der Waals surface area (Å²) in [4.78, 5) is 0. The van der Waals surface area contributed by atoms with Crippen molar-refractivity contribution in [3.8, 4) is 11.5 Å². The molecule has 5 heteroatoms. The van der Waals surface area contributed by atoms with Gasteiger partial charge in [0, 0.05) is 5.69 Å². The number of ether oxygens (including phenoxy) is 2. The zero-order valence-electron chi connectivity index (χ0n) is 15.6. The van der Waals surface area contributed by atoms with Gasteiger partial charge in [-0.1, -0.05) is 36.6 Å². The third kappa shape index (κ3) is 3.93. The molecule has 0 saturated heterocycles. The van der Waals surface area contributed by atoms with E-state index in [9.17, 15) is 0 Å². The molecule has 2 aromatic carbocycles. The number of aryl methyl sites for hydroxylation is 1. The molecule has 0 spiro atoms. The van der Waals surface area contributed by atoms with Gasteiger partial charge in [-0.05, 0) is 61.8 Å². The van der Waals surface area contributed by atoms with E-state index in [4.69, 9.17) is 21.7 Å². The zero-order chi connectivity index (χ0) is 18.6.